The Labute approximate surface area is 185 Å². The lowest BCUT2D eigenvalue weighted by Crippen LogP contribution is -2.40. The summed E-state index contributed by atoms with van der Waals surface area (Å²) < 4.78 is 7.24. The standard InChI is InChI=1S/C24H24N6O2/c1-17-6-5-7-18(14-17)15-22(31)29-12-10-20(11-13-29)30-16-21(26-28-30)24-25-23(27-32-24)19-8-3-2-4-9-19/h2-9,14,16,20H,10-13,15H2,1H3. The normalized spacial score (nSPS) is 14.6. The quantitative estimate of drug-likeness (QED) is 0.481. The molecule has 1 saturated heterocycles. The van der Waals surface area contributed by atoms with E-state index in [1.54, 1.807) is 0 Å². The number of rotatable bonds is 5. The highest BCUT2D eigenvalue weighted by molar-refractivity contribution is 5.78. The van der Waals surface area contributed by atoms with Gasteiger partial charge in [-0.2, -0.15) is 4.98 Å². The number of carbonyl (C=O) groups excluding carboxylic acids is 1. The number of amides is 1. The van der Waals surface area contributed by atoms with Crippen molar-refractivity contribution in [3.05, 3.63) is 71.9 Å². The fraction of sp³-hybridized carbons (Fsp3) is 0.292. The molecule has 3 heterocycles. The zero-order valence-electron chi connectivity index (χ0n) is 17.9. The number of aromatic nitrogens is 5. The summed E-state index contributed by atoms with van der Waals surface area (Å²) in [5.41, 5.74) is 3.68. The topological polar surface area (TPSA) is 89.9 Å². The van der Waals surface area contributed by atoms with Gasteiger partial charge in [0.05, 0.1) is 18.7 Å². The maximum absolute atomic E-state index is 12.7. The molecule has 0 unspecified atom stereocenters. The van der Waals surface area contributed by atoms with E-state index < -0.39 is 0 Å². The predicted molar refractivity (Wildman–Crippen MR) is 118 cm³/mol. The molecule has 0 spiro atoms. The van der Waals surface area contributed by atoms with E-state index in [0.29, 0.717) is 36.9 Å². The lowest BCUT2D eigenvalue weighted by molar-refractivity contribution is -0.131. The number of carbonyl (C=O) groups is 1. The van der Waals surface area contributed by atoms with Crippen molar-refractivity contribution in [3.63, 3.8) is 0 Å². The first-order valence-corrected chi connectivity index (χ1v) is 10.8. The second kappa shape index (κ2) is 8.74. The molecule has 1 amide bonds. The van der Waals surface area contributed by atoms with Crippen LogP contribution in [0.5, 0.6) is 0 Å². The molecule has 0 saturated carbocycles. The smallest absolute Gasteiger partial charge is 0.280 e. The molecule has 2 aromatic heterocycles. The van der Waals surface area contributed by atoms with Crippen molar-refractivity contribution < 1.29 is 9.32 Å². The van der Waals surface area contributed by atoms with E-state index in [1.165, 1.54) is 5.56 Å². The maximum atomic E-state index is 12.7. The summed E-state index contributed by atoms with van der Waals surface area (Å²) in [6.45, 7) is 3.47. The molecule has 0 aliphatic carbocycles. The Balaban J connectivity index is 1.20. The van der Waals surface area contributed by atoms with Gasteiger partial charge in [0.15, 0.2) is 5.69 Å². The van der Waals surface area contributed by atoms with Gasteiger partial charge in [-0.15, -0.1) is 5.10 Å². The van der Waals surface area contributed by atoms with Crippen molar-refractivity contribution in [2.45, 2.75) is 32.2 Å². The van der Waals surface area contributed by atoms with Gasteiger partial charge in [-0.3, -0.25) is 4.79 Å². The molecular weight excluding hydrogens is 404 g/mol. The number of nitrogens with zero attached hydrogens (tertiary/aromatic N) is 6. The van der Waals surface area contributed by atoms with Crippen LogP contribution in [0.3, 0.4) is 0 Å². The Morgan fingerprint density at radius 1 is 1.09 bits per heavy atom. The van der Waals surface area contributed by atoms with E-state index >= 15 is 0 Å². The van der Waals surface area contributed by atoms with Gasteiger partial charge in [-0.1, -0.05) is 70.5 Å². The summed E-state index contributed by atoms with van der Waals surface area (Å²) in [6.07, 6.45) is 3.96. The molecule has 0 atom stereocenters. The first-order chi connectivity index (χ1) is 15.7. The van der Waals surface area contributed by atoms with Crippen molar-refractivity contribution in [3.8, 4) is 23.0 Å². The van der Waals surface area contributed by atoms with Gasteiger partial charge >= 0.3 is 0 Å². The molecule has 1 fully saturated rings. The van der Waals surface area contributed by atoms with Crippen molar-refractivity contribution >= 4 is 5.91 Å². The van der Waals surface area contributed by atoms with Gasteiger partial charge < -0.3 is 9.42 Å². The van der Waals surface area contributed by atoms with E-state index in [0.717, 1.165) is 24.0 Å². The molecule has 0 N–H and O–H groups in total. The minimum absolute atomic E-state index is 0.174. The van der Waals surface area contributed by atoms with Gasteiger partial charge in [0, 0.05) is 18.7 Å². The summed E-state index contributed by atoms with van der Waals surface area (Å²) >= 11 is 0. The highest BCUT2D eigenvalue weighted by atomic mass is 16.5. The maximum Gasteiger partial charge on any atom is 0.280 e. The van der Waals surface area contributed by atoms with Crippen LogP contribution in [0.2, 0.25) is 0 Å². The largest absolute Gasteiger partial charge is 0.342 e. The van der Waals surface area contributed by atoms with E-state index in [-0.39, 0.29) is 11.9 Å². The average molecular weight is 428 g/mol. The lowest BCUT2D eigenvalue weighted by atomic mass is 10.0. The van der Waals surface area contributed by atoms with Crippen LogP contribution in [0.25, 0.3) is 23.0 Å². The van der Waals surface area contributed by atoms with Crippen LogP contribution in [-0.4, -0.2) is 49.0 Å². The third-order valence-electron chi connectivity index (χ3n) is 5.82. The molecule has 32 heavy (non-hydrogen) atoms. The average Bonchev–Trinajstić information content (AvgIpc) is 3.50. The summed E-state index contributed by atoms with van der Waals surface area (Å²) in [6, 6.07) is 18.0. The summed E-state index contributed by atoms with van der Waals surface area (Å²) in [5.74, 6) is 1.05. The first kappa shape index (κ1) is 20.1. The number of piperidine rings is 1. The second-order valence-electron chi connectivity index (χ2n) is 8.15. The van der Waals surface area contributed by atoms with Crippen molar-refractivity contribution in [2.24, 2.45) is 0 Å². The Bertz CT molecular complexity index is 1210. The highest BCUT2D eigenvalue weighted by Gasteiger charge is 2.25. The predicted octanol–water partition coefficient (Wildman–Crippen LogP) is 3.71. The molecule has 0 radical (unpaired) electrons. The Kier molecular flexibility index (Phi) is 5.49. The summed E-state index contributed by atoms with van der Waals surface area (Å²) in [5, 5.41) is 12.6. The first-order valence-electron chi connectivity index (χ1n) is 10.8. The van der Waals surface area contributed by atoms with Gasteiger partial charge in [0.2, 0.25) is 11.7 Å². The molecule has 2 aromatic carbocycles. The number of likely N-dealkylation sites (tertiary alicyclic amines) is 1. The van der Waals surface area contributed by atoms with Crippen LogP contribution < -0.4 is 0 Å². The third-order valence-corrected chi connectivity index (χ3v) is 5.82. The van der Waals surface area contributed by atoms with Crippen LogP contribution in [0, 0.1) is 6.92 Å². The molecule has 162 valence electrons. The van der Waals surface area contributed by atoms with Crippen LogP contribution in [0.1, 0.15) is 30.0 Å². The van der Waals surface area contributed by atoms with Gasteiger partial charge in [-0.25, -0.2) is 4.68 Å². The van der Waals surface area contributed by atoms with E-state index in [1.807, 2.05) is 71.2 Å². The SMILES string of the molecule is Cc1cccc(CC(=O)N2CCC(n3cc(-c4nc(-c5ccccc5)no4)nn3)CC2)c1. The molecule has 8 nitrogen and oxygen atoms in total. The zero-order valence-corrected chi connectivity index (χ0v) is 17.9. The Morgan fingerprint density at radius 3 is 2.69 bits per heavy atom. The lowest BCUT2D eigenvalue weighted by Gasteiger charge is -2.32. The molecule has 5 rings (SSSR count). The van der Waals surface area contributed by atoms with Crippen molar-refractivity contribution in [1.29, 1.82) is 0 Å². The van der Waals surface area contributed by atoms with E-state index in [4.69, 9.17) is 4.52 Å². The molecule has 1 aliphatic heterocycles. The molecule has 1 aliphatic rings. The molecule has 0 bridgehead atoms. The summed E-state index contributed by atoms with van der Waals surface area (Å²) in [4.78, 5) is 19.1. The zero-order chi connectivity index (χ0) is 21.9. The van der Waals surface area contributed by atoms with E-state index in [9.17, 15) is 4.79 Å². The minimum Gasteiger partial charge on any atom is -0.342 e. The highest BCUT2D eigenvalue weighted by Crippen LogP contribution is 2.25. The van der Waals surface area contributed by atoms with Gasteiger partial charge in [0.1, 0.15) is 0 Å². The van der Waals surface area contributed by atoms with Crippen LogP contribution >= 0.6 is 0 Å². The van der Waals surface area contributed by atoms with Gasteiger partial charge in [-0.05, 0) is 25.3 Å². The van der Waals surface area contributed by atoms with E-state index in [2.05, 4.69) is 26.5 Å². The summed E-state index contributed by atoms with van der Waals surface area (Å²) in [7, 11) is 0. The Morgan fingerprint density at radius 2 is 1.91 bits per heavy atom. The molecular formula is C24H24N6O2. The van der Waals surface area contributed by atoms with Crippen LogP contribution in [-0.2, 0) is 11.2 Å². The van der Waals surface area contributed by atoms with Crippen LogP contribution in [0.4, 0.5) is 0 Å². The number of hydrogen-bond acceptors (Lipinski definition) is 6. The monoisotopic (exact) mass is 428 g/mol. The fourth-order valence-corrected chi connectivity index (χ4v) is 4.07. The van der Waals surface area contributed by atoms with Crippen molar-refractivity contribution in [1.82, 2.24) is 30.0 Å². The number of hydrogen-bond donors (Lipinski definition) is 0. The Hall–Kier alpha value is -3.81. The fourth-order valence-electron chi connectivity index (χ4n) is 4.07. The third kappa shape index (κ3) is 4.30. The second-order valence-corrected chi connectivity index (χ2v) is 8.15. The molecule has 4 aromatic rings. The molecule has 8 heteroatoms. The van der Waals surface area contributed by atoms with Crippen LogP contribution in [0.15, 0.2) is 65.3 Å². The number of aryl methyl sites for hydroxylation is 1. The van der Waals surface area contributed by atoms with Gasteiger partial charge in [0.25, 0.3) is 5.89 Å². The number of benzene rings is 2. The minimum atomic E-state index is 0.174. The van der Waals surface area contributed by atoms with Crippen molar-refractivity contribution in [2.75, 3.05) is 13.1 Å².